The average Bonchev–Trinajstić information content (AvgIpc) is 2.76. The lowest BCUT2D eigenvalue weighted by Gasteiger charge is -2.03. The Kier molecular flexibility index (Phi) is 6.35. The van der Waals surface area contributed by atoms with Crippen molar-refractivity contribution in [2.24, 2.45) is 5.73 Å². The minimum atomic E-state index is -0.180. The average molecular weight is 333 g/mol. The maximum Gasteiger partial charge on any atom is 0.227 e. The predicted molar refractivity (Wildman–Crippen MR) is 84.5 cm³/mol. The highest BCUT2D eigenvalue weighted by atomic mass is 35.5. The SMILES string of the molecule is CC(N)CC(=O)Nc1nnc(-c2cccc(Cl)c2)s1.Cl. The summed E-state index contributed by atoms with van der Waals surface area (Å²) in [6, 6.07) is 7.14. The van der Waals surface area contributed by atoms with Crippen LogP contribution in [0.3, 0.4) is 0 Å². The predicted octanol–water partition coefficient (Wildman–Crippen LogP) is 2.96. The zero-order valence-electron chi connectivity index (χ0n) is 10.7. The van der Waals surface area contributed by atoms with Gasteiger partial charge in [0.25, 0.3) is 0 Å². The van der Waals surface area contributed by atoms with Crippen molar-refractivity contribution in [2.45, 2.75) is 19.4 Å². The van der Waals surface area contributed by atoms with Crippen LogP contribution in [0.25, 0.3) is 10.6 Å². The number of carbonyl (C=O) groups is 1. The van der Waals surface area contributed by atoms with E-state index in [1.807, 2.05) is 12.1 Å². The van der Waals surface area contributed by atoms with Gasteiger partial charge in [0.15, 0.2) is 0 Å². The van der Waals surface area contributed by atoms with Crippen LogP contribution in [0.15, 0.2) is 24.3 Å². The van der Waals surface area contributed by atoms with Crippen LogP contribution in [0.2, 0.25) is 5.02 Å². The number of aromatic nitrogens is 2. The summed E-state index contributed by atoms with van der Waals surface area (Å²) in [5, 5.41) is 12.4. The molecule has 0 aliphatic rings. The number of nitrogens with zero attached hydrogens (tertiary/aromatic N) is 2. The van der Waals surface area contributed by atoms with Gasteiger partial charge >= 0.3 is 0 Å². The topological polar surface area (TPSA) is 80.9 Å². The summed E-state index contributed by atoms with van der Waals surface area (Å²) < 4.78 is 0. The normalized spacial score (nSPS) is 11.6. The number of nitrogens with two attached hydrogens (primary N) is 1. The lowest BCUT2D eigenvalue weighted by atomic mass is 10.2. The maximum absolute atomic E-state index is 11.5. The molecule has 1 atom stereocenters. The molecule has 2 aromatic rings. The first kappa shape index (κ1) is 16.8. The molecule has 1 unspecified atom stereocenters. The Bertz CT molecular complexity index is 588. The van der Waals surface area contributed by atoms with Crippen molar-refractivity contribution in [3.63, 3.8) is 0 Å². The van der Waals surface area contributed by atoms with Crippen LogP contribution in [-0.2, 0) is 4.79 Å². The van der Waals surface area contributed by atoms with Crippen molar-refractivity contribution < 1.29 is 4.79 Å². The summed E-state index contributed by atoms with van der Waals surface area (Å²) in [5.74, 6) is -0.163. The molecular weight excluding hydrogens is 319 g/mol. The second kappa shape index (κ2) is 7.54. The minimum Gasteiger partial charge on any atom is -0.327 e. The van der Waals surface area contributed by atoms with Crippen molar-refractivity contribution in [3.8, 4) is 10.6 Å². The molecule has 8 heteroatoms. The molecule has 3 N–H and O–H groups in total. The molecule has 1 amide bonds. The van der Waals surface area contributed by atoms with Crippen molar-refractivity contribution in [1.29, 1.82) is 0 Å². The minimum absolute atomic E-state index is 0. The molecule has 0 fully saturated rings. The van der Waals surface area contributed by atoms with Gasteiger partial charge in [0.05, 0.1) is 0 Å². The highest BCUT2D eigenvalue weighted by Crippen LogP contribution is 2.28. The summed E-state index contributed by atoms with van der Waals surface area (Å²) in [5.41, 5.74) is 6.42. The first-order valence-electron chi connectivity index (χ1n) is 5.69. The molecule has 5 nitrogen and oxygen atoms in total. The Morgan fingerprint density at radius 2 is 2.25 bits per heavy atom. The van der Waals surface area contributed by atoms with Crippen molar-refractivity contribution in [2.75, 3.05) is 5.32 Å². The van der Waals surface area contributed by atoms with E-state index in [4.69, 9.17) is 17.3 Å². The van der Waals surface area contributed by atoms with Crippen LogP contribution in [0, 0.1) is 0 Å². The first-order valence-corrected chi connectivity index (χ1v) is 6.89. The quantitative estimate of drug-likeness (QED) is 0.901. The van der Waals surface area contributed by atoms with Gasteiger partial charge in [0, 0.05) is 23.0 Å². The Hall–Kier alpha value is -1.21. The van der Waals surface area contributed by atoms with E-state index in [0.29, 0.717) is 15.2 Å². The third-order valence-corrected chi connectivity index (χ3v) is 3.37. The number of hydrogen-bond donors (Lipinski definition) is 2. The lowest BCUT2D eigenvalue weighted by molar-refractivity contribution is -0.116. The van der Waals surface area contributed by atoms with Crippen molar-refractivity contribution >= 4 is 46.4 Å². The molecule has 0 radical (unpaired) electrons. The van der Waals surface area contributed by atoms with Crippen LogP contribution < -0.4 is 11.1 Å². The van der Waals surface area contributed by atoms with Gasteiger partial charge in [-0.2, -0.15) is 0 Å². The Labute approximate surface area is 132 Å². The Balaban J connectivity index is 0.00000200. The molecule has 1 heterocycles. The van der Waals surface area contributed by atoms with Gasteiger partial charge in [-0.25, -0.2) is 0 Å². The van der Waals surface area contributed by atoms with Crippen LogP contribution in [0.5, 0.6) is 0 Å². The molecule has 108 valence electrons. The summed E-state index contributed by atoms with van der Waals surface area (Å²) in [6.45, 7) is 1.77. The first-order chi connectivity index (χ1) is 9.04. The third kappa shape index (κ3) is 4.72. The summed E-state index contributed by atoms with van der Waals surface area (Å²) in [4.78, 5) is 11.5. The third-order valence-electron chi connectivity index (χ3n) is 2.25. The van der Waals surface area contributed by atoms with Gasteiger partial charge in [-0.15, -0.1) is 22.6 Å². The number of rotatable bonds is 4. The standard InChI is InChI=1S/C12H13ClN4OS.ClH/c1-7(14)5-10(18)15-12-17-16-11(19-12)8-3-2-4-9(13)6-8;/h2-4,6-7H,5,14H2,1H3,(H,15,17,18);1H. The molecule has 0 bridgehead atoms. The van der Waals surface area contributed by atoms with Crippen LogP contribution in [-0.4, -0.2) is 22.1 Å². The van der Waals surface area contributed by atoms with Gasteiger partial charge in [0.1, 0.15) is 5.01 Å². The number of carbonyl (C=O) groups excluding carboxylic acids is 1. The molecule has 0 saturated carbocycles. The Morgan fingerprint density at radius 1 is 1.50 bits per heavy atom. The zero-order chi connectivity index (χ0) is 13.8. The fourth-order valence-corrected chi connectivity index (χ4v) is 2.42. The number of hydrogen-bond acceptors (Lipinski definition) is 5. The molecule has 0 aliphatic carbocycles. The molecule has 0 aliphatic heterocycles. The van der Waals surface area contributed by atoms with E-state index >= 15 is 0 Å². The van der Waals surface area contributed by atoms with Gasteiger partial charge < -0.3 is 11.1 Å². The number of benzene rings is 1. The number of nitrogens with one attached hydrogen (secondary N) is 1. The molecule has 2 rings (SSSR count). The summed E-state index contributed by atoms with van der Waals surface area (Å²) in [6.07, 6.45) is 0.256. The molecule has 1 aromatic carbocycles. The number of halogens is 2. The molecule has 1 aromatic heterocycles. The number of anilines is 1. The van der Waals surface area contributed by atoms with Gasteiger partial charge in [-0.05, 0) is 19.1 Å². The lowest BCUT2D eigenvalue weighted by Crippen LogP contribution is -2.23. The molecular formula is C12H14Cl2N4OS. The van der Waals surface area contributed by atoms with Gasteiger partial charge in [-0.1, -0.05) is 35.1 Å². The summed E-state index contributed by atoms with van der Waals surface area (Å²) >= 11 is 7.21. The second-order valence-corrected chi connectivity index (χ2v) is 5.57. The fourth-order valence-electron chi connectivity index (χ4n) is 1.47. The maximum atomic E-state index is 11.5. The zero-order valence-corrected chi connectivity index (χ0v) is 13.1. The van der Waals surface area contributed by atoms with Crippen LogP contribution >= 0.6 is 35.3 Å². The van der Waals surface area contributed by atoms with E-state index in [1.165, 1.54) is 11.3 Å². The van der Waals surface area contributed by atoms with E-state index in [1.54, 1.807) is 19.1 Å². The smallest absolute Gasteiger partial charge is 0.227 e. The summed E-state index contributed by atoms with van der Waals surface area (Å²) in [7, 11) is 0. The van der Waals surface area contributed by atoms with E-state index in [2.05, 4.69) is 15.5 Å². The molecule has 0 spiro atoms. The van der Waals surface area contributed by atoms with Crippen LogP contribution in [0.1, 0.15) is 13.3 Å². The van der Waals surface area contributed by atoms with E-state index in [0.717, 1.165) is 5.56 Å². The largest absolute Gasteiger partial charge is 0.327 e. The molecule has 20 heavy (non-hydrogen) atoms. The van der Waals surface area contributed by atoms with E-state index in [-0.39, 0.29) is 30.8 Å². The fraction of sp³-hybridized carbons (Fsp3) is 0.250. The van der Waals surface area contributed by atoms with Crippen molar-refractivity contribution in [1.82, 2.24) is 10.2 Å². The monoisotopic (exact) mass is 332 g/mol. The van der Waals surface area contributed by atoms with Crippen LogP contribution in [0.4, 0.5) is 5.13 Å². The van der Waals surface area contributed by atoms with Gasteiger partial charge in [-0.3, -0.25) is 4.79 Å². The van der Waals surface area contributed by atoms with E-state index in [9.17, 15) is 4.79 Å². The van der Waals surface area contributed by atoms with Crippen molar-refractivity contribution in [3.05, 3.63) is 29.3 Å². The number of amides is 1. The Morgan fingerprint density at radius 3 is 2.90 bits per heavy atom. The second-order valence-electron chi connectivity index (χ2n) is 4.15. The highest BCUT2D eigenvalue weighted by Gasteiger charge is 2.11. The van der Waals surface area contributed by atoms with E-state index < -0.39 is 0 Å². The highest BCUT2D eigenvalue weighted by molar-refractivity contribution is 7.18. The van der Waals surface area contributed by atoms with Gasteiger partial charge in [0.2, 0.25) is 11.0 Å². The molecule has 0 saturated heterocycles.